The molecule has 6 heteroatoms. The third-order valence-corrected chi connectivity index (χ3v) is 5.06. The number of anilines is 1. The van der Waals surface area contributed by atoms with Gasteiger partial charge in [-0.1, -0.05) is 15.9 Å². The van der Waals surface area contributed by atoms with E-state index in [9.17, 15) is 0 Å². The summed E-state index contributed by atoms with van der Waals surface area (Å²) in [5, 5.41) is 3.18. The van der Waals surface area contributed by atoms with Crippen molar-refractivity contribution in [3.63, 3.8) is 0 Å². The fraction of sp³-hybridized carbons (Fsp3) is 0.588. The number of halogens is 1. The van der Waals surface area contributed by atoms with Crippen LogP contribution in [0.1, 0.15) is 19.3 Å². The smallest absolute Gasteiger partial charge is 0.188 e. The Kier molecular flexibility index (Phi) is 5.78. The van der Waals surface area contributed by atoms with Crippen LogP contribution in [-0.2, 0) is 4.74 Å². The van der Waals surface area contributed by atoms with E-state index in [-0.39, 0.29) is 0 Å². The molecule has 2 saturated heterocycles. The standard InChI is InChI=1S/C17H25BrN4O/c18-14-3-5-15(6-4-14)22-8-7-13(12-22)10-20-17(19)21-11-16-2-1-9-23-16/h3-6,13,16H,1-2,7-12H2,(H3,19,20,21). The first-order valence-electron chi connectivity index (χ1n) is 8.36. The molecule has 2 fully saturated rings. The molecule has 2 aliphatic heterocycles. The van der Waals surface area contributed by atoms with Crippen molar-refractivity contribution in [2.45, 2.75) is 25.4 Å². The molecule has 2 heterocycles. The molecule has 3 N–H and O–H groups in total. The van der Waals surface area contributed by atoms with E-state index in [1.54, 1.807) is 0 Å². The van der Waals surface area contributed by atoms with Crippen LogP contribution in [0.5, 0.6) is 0 Å². The van der Waals surface area contributed by atoms with Gasteiger partial charge in [-0.3, -0.25) is 4.99 Å². The highest BCUT2D eigenvalue weighted by atomic mass is 79.9. The predicted molar refractivity (Wildman–Crippen MR) is 97.9 cm³/mol. The van der Waals surface area contributed by atoms with E-state index in [2.05, 4.69) is 55.4 Å². The van der Waals surface area contributed by atoms with Crippen LogP contribution in [0.25, 0.3) is 0 Å². The third kappa shape index (κ3) is 4.85. The van der Waals surface area contributed by atoms with E-state index in [0.29, 0.717) is 18.0 Å². The molecule has 2 aliphatic rings. The number of hydrogen-bond donors (Lipinski definition) is 2. The maximum atomic E-state index is 5.96. The Morgan fingerprint density at radius 1 is 1.35 bits per heavy atom. The molecule has 3 rings (SSSR count). The molecule has 0 saturated carbocycles. The second kappa shape index (κ2) is 8.02. The second-order valence-electron chi connectivity index (χ2n) is 6.32. The summed E-state index contributed by atoms with van der Waals surface area (Å²) in [5.74, 6) is 1.12. The Bertz CT molecular complexity index is 528. The number of hydrogen-bond acceptors (Lipinski definition) is 3. The van der Waals surface area contributed by atoms with Gasteiger partial charge in [0.05, 0.1) is 6.10 Å². The van der Waals surface area contributed by atoms with Gasteiger partial charge in [0.1, 0.15) is 0 Å². The van der Waals surface area contributed by atoms with E-state index in [4.69, 9.17) is 10.5 Å². The van der Waals surface area contributed by atoms with Crippen LogP contribution in [0.2, 0.25) is 0 Å². The van der Waals surface area contributed by atoms with Gasteiger partial charge < -0.3 is 20.7 Å². The minimum absolute atomic E-state index is 0.295. The van der Waals surface area contributed by atoms with E-state index in [0.717, 1.165) is 50.1 Å². The SMILES string of the molecule is NC(=NCC1CCN(c2ccc(Br)cc2)C1)NCC1CCCO1. The maximum absolute atomic E-state index is 5.96. The molecule has 0 aliphatic carbocycles. The zero-order chi connectivity index (χ0) is 16.1. The molecule has 0 amide bonds. The Balaban J connectivity index is 1.42. The van der Waals surface area contributed by atoms with Gasteiger partial charge in [0.25, 0.3) is 0 Å². The molecule has 0 bridgehead atoms. The summed E-state index contributed by atoms with van der Waals surface area (Å²) < 4.78 is 6.69. The lowest BCUT2D eigenvalue weighted by atomic mass is 10.1. The largest absolute Gasteiger partial charge is 0.376 e. The number of nitrogens with one attached hydrogen (secondary N) is 1. The lowest BCUT2D eigenvalue weighted by molar-refractivity contribution is 0.114. The molecule has 0 radical (unpaired) electrons. The molecule has 2 atom stereocenters. The molecular formula is C17H25BrN4O. The van der Waals surface area contributed by atoms with E-state index in [1.807, 2.05) is 0 Å². The first kappa shape index (κ1) is 16.6. The maximum Gasteiger partial charge on any atom is 0.188 e. The van der Waals surface area contributed by atoms with E-state index >= 15 is 0 Å². The summed E-state index contributed by atoms with van der Waals surface area (Å²) in [7, 11) is 0. The number of nitrogens with two attached hydrogens (primary N) is 1. The molecule has 0 aromatic heterocycles. The zero-order valence-corrected chi connectivity index (χ0v) is 15.0. The number of ether oxygens (including phenoxy) is 1. The van der Waals surface area contributed by atoms with Crippen molar-refractivity contribution < 1.29 is 4.74 Å². The monoisotopic (exact) mass is 380 g/mol. The predicted octanol–water partition coefficient (Wildman–Crippen LogP) is 2.36. The van der Waals surface area contributed by atoms with Gasteiger partial charge in [-0.2, -0.15) is 0 Å². The highest BCUT2D eigenvalue weighted by molar-refractivity contribution is 9.10. The minimum Gasteiger partial charge on any atom is -0.376 e. The zero-order valence-electron chi connectivity index (χ0n) is 13.4. The van der Waals surface area contributed by atoms with Crippen molar-refractivity contribution in [1.29, 1.82) is 0 Å². The van der Waals surface area contributed by atoms with E-state index < -0.39 is 0 Å². The van der Waals surface area contributed by atoms with Crippen molar-refractivity contribution >= 4 is 27.6 Å². The van der Waals surface area contributed by atoms with Crippen LogP contribution < -0.4 is 16.0 Å². The Morgan fingerprint density at radius 3 is 2.91 bits per heavy atom. The van der Waals surface area contributed by atoms with Crippen LogP contribution in [0, 0.1) is 5.92 Å². The minimum atomic E-state index is 0.295. The molecular weight excluding hydrogens is 356 g/mol. The number of rotatable bonds is 5. The summed E-state index contributed by atoms with van der Waals surface area (Å²) in [6.45, 7) is 4.56. The van der Waals surface area contributed by atoms with Gasteiger partial charge in [-0.25, -0.2) is 0 Å². The van der Waals surface area contributed by atoms with Gasteiger partial charge in [0, 0.05) is 42.9 Å². The Labute approximate surface area is 146 Å². The average Bonchev–Trinajstić information content (AvgIpc) is 3.23. The van der Waals surface area contributed by atoms with Gasteiger partial charge in [-0.05, 0) is 49.4 Å². The summed E-state index contributed by atoms with van der Waals surface area (Å²) in [5.41, 5.74) is 7.24. The number of benzene rings is 1. The van der Waals surface area contributed by atoms with Crippen LogP contribution in [-0.4, -0.2) is 44.8 Å². The van der Waals surface area contributed by atoms with Crippen molar-refractivity contribution in [2.75, 3.05) is 37.7 Å². The van der Waals surface area contributed by atoms with Crippen LogP contribution in [0.4, 0.5) is 5.69 Å². The van der Waals surface area contributed by atoms with E-state index in [1.165, 1.54) is 12.1 Å². The number of aliphatic imine (C=N–C) groups is 1. The van der Waals surface area contributed by atoms with Gasteiger partial charge in [-0.15, -0.1) is 0 Å². The highest BCUT2D eigenvalue weighted by Gasteiger charge is 2.22. The quantitative estimate of drug-likeness (QED) is 0.607. The van der Waals surface area contributed by atoms with Crippen molar-refractivity contribution in [1.82, 2.24) is 5.32 Å². The van der Waals surface area contributed by atoms with Gasteiger partial charge in [0.2, 0.25) is 0 Å². The molecule has 1 aromatic rings. The van der Waals surface area contributed by atoms with Crippen LogP contribution in [0.15, 0.2) is 33.7 Å². The molecule has 126 valence electrons. The normalized spacial score (nSPS) is 25.1. The van der Waals surface area contributed by atoms with Crippen LogP contribution in [0.3, 0.4) is 0 Å². The Morgan fingerprint density at radius 2 is 2.17 bits per heavy atom. The van der Waals surface area contributed by atoms with Gasteiger partial charge >= 0.3 is 0 Å². The lowest BCUT2D eigenvalue weighted by Crippen LogP contribution is -2.37. The highest BCUT2D eigenvalue weighted by Crippen LogP contribution is 2.25. The lowest BCUT2D eigenvalue weighted by Gasteiger charge is -2.18. The molecule has 23 heavy (non-hydrogen) atoms. The van der Waals surface area contributed by atoms with Crippen molar-refractivity contribution in [3.05, 3.63) is 28.7 Å². The summed E-state index contributed by atoms with van der Waals surface area (Å²) in [6, 6.07) is 8.50. The fourth-order valence-electron chi connectivity index (χ4n) is 3.18. The third-order valence-electron chi connectivity index (χ3n) is 4.53. The number of nitrogens with zero attached hydrogens (tertiary/aromatic N) is 2. The molecule has 2 unspecified atom stereocenters. The summed E-state index contributed by atoms with van der Waals surface area (Å²) in [4.78, 5) is 6.92. The topological polar surface area (TPSA) is 62.9 Å². The first-order valence-corrected chi connectivity index (χ1v) is 9.16. The Hall–Kier alpha value is -1.27. The average molecular weight is 381 g/mol. The molecule has 0 spiro atoms. The number of guanidine groups is 1. The summed E-state index contributed by atoms with van der Waals surface area (Å²) >= 11 is 3.48. The second-order valence-corrected chi connectivity index (χ2v) is 7.23. The van der Waals surface area contributed by atoms with Gasteiger partial charge in [0.15, 0.2) is 5.96 Å². The van der Waals surface area contributed by atoms with Crippen molar-refractivity contribution in [3.8, 4) is 0 Å². The molecule has 5 nitrogen and oxygen atoms in total. The van der Waals surface area contributed by atoms with Crippen molar-refractivity contribution in [2.24, 2.45) is 16.6 Å². The fourth-order valence-corrected chi connectivity index (χ4v) is 3.44. The summed E-state index contributed by atoms with van der Waals surface area (Å²) in [6.07, 6.45) is 3.73. The first-order chi connectivity index (χ1) is 11.2. The molecule has 1 aromatic carbocycles. The van der Waals surface area contributed by atoms with Crippen LogP contribution >= 0.6 is 15.9 Å².